The molecule has 1 N–H and O–H groups in total. The second-order valence-corrected chi connectivity index (χ2v) is 5.76. The summed E-state index contributed by atoms with van der Waals surface area (Å²) in [7, 11) is 0. The van der Waals surface area contributed by atoms with Gasteiger partial charge in [0.1, 0.15) is 5.82 Å². The smallest absolute Gasteiger partial charge is 0.322 e. The molecule has 2 amide bonds. The molecule has 0 saturated carbocycles. The van der Waals surface area contributed by atoms with Gasteiger partial charge in [0.05, 0.1) is 24.2 Å². The third kappa shape index (κ3) is 4.67. The predicted octanol–water partition coefficient (Wildman–Crippen LogP) is 2.32. The molecule has 6 heteroatoms. The summed E-state index contributed by atoms with van der Waals surface area (Å²) in [5, 5.41) is 2.83. The molecule has 6 nitrogen and oxygen atoms in total. The highest BCUT2D eigenvalue weighted by molar-refractivity contribution is 5.89. The third-order valence-electron chi connectivity index (χ3n) is 3.37. The quantitative estimate of drug-likeness (QED) is 0.904. The largest absolute Gasteiger partial charge is 0.376 e. The van der Waals surface area contributed by atoms with Crippen LogP contribution < -0.4 is 5.32 Å². The number of urea groups is 1. The zero-order valence-corrected chi connectivity index (χ0v) is 13.0. The normalized spacial score (nSPS) is 18.3. The molecule has 0 aromatic carbocycles. The van der Waals surface area contributed by atoms with Crippen LogP contribution in [-0.2, 0) is 11.2 Å². The van der Waals surface area contributed by atoms with E-state index in [4.69, 9.17) is 4.74 Å². The second kappa shape index (κ2) is 7.36. The lowest BCUT2D eigenvalue weighted by Gasteiger charge is -2.18. The van der Waals surface area contributed by atoms with Gasteiger partial charge >= 0.3 is 6.03 Å². The van der Waals surface area contributed by atoms with Crippen molar-refractivity contribution in [2.75, 3.05) is 25.0 Å². The van der Waals surface area contributed by atoms with E-state index in [1.165, 1.54) is 0 Å². The summed E-state index contributed by atoms with van der Waals surface area (Å²) < 4.78 is 5.78. The molecule has 21 heavy (non-hydrogen) atoms. The number of nitrogens with zero attached hydrogens (tertiary/aromatic N) is 3. The number of hydrogen-bond donors (Lipinski definition) is 1. The maximum Gasteiger partial charge on any atom is 0.322 e. The Morgan fingerprint density at radius 3 is 2.81 bits per heavy atom. The Labute approximate surface area is 125 Å². The lowest BCUT2D eigenvalue weighted by Crippen LogP contribution is -2.34. The Morgan fingerprint density at radius 1 is 1.48 bits per heavy atom. The maximum absolute atomic E-state index is 12.2. The minimum Gasteiger partial charge on any atom is -0.376 e. The number of rotatable bonds is 5. The topological polar surface area (TPSA) is 67.4 Å². The van der Waals surface area contributed by atoms with Gasteiger partial charge in [-0.05, 0) is 12.3 Å². The van der Waals surface area contributed by atoms with Crippen molar-refractivity contribution in [3.05, 3.63) is 18.2 Å². The van der Waals surface area contributed by atoms with Gasteiger partial charge in [-0.3, -0.25) is 0 Å². The number of carbonyl (C=O) groups is 1. The number of anilines is 1. The Bertz CT molecular complexity index is 461. The van der Waals surface area contributed by atoms with E-state index in [9.17, 15) is 4.79 Å². The molecule has 1 aliphatic heterocycles. The summed E-state index contributed by atoms with van der Waals surface area (Å²) in [6, 6.07) is -0.113. The van der Waals surface area contributed by atoms with Crippen LogP contribution >= 0.6 is 0 Å². The fraction of sp³-hybridized carbons (Fsp3) is 0.667. The summed E-state index contributed by atoms with van der Waals surface area (Å²) in [6.07, 6.45) is 5.12. The number of ether oxygens (including phenoxy) is 1. The number of likely N-dealkylation sites (tertiary alicyclic amines) is 1. The molecule has 2 rings (SSSR count). The highest BCUT2D eigenvalue weighted by Gasteiger charge is 2.27. The van der Waals surface area contributed by atoms with E-state index < -0.39 is 0 Å². The van der Waals surface area contributed by atoms with E-state index in [-0.39, 0.29) is 12.1 Å². The molecule has 0 radical (unpaired) electrons. The standard InChI is InChI=1S/C15H24N4O2/c1-4-14-16-7-12(8-17-14)18-15(20)19-6-5-13(9-19)21-10-11(2)3/h7-8,11,13H,4-6,9-10H2,1-3H3,(H,18,20)/t13-/m0/s1. The van der Waals surface area contributed by atoms with Gasteiger partial charge in [0, 0.05) is 26.1 Å². The molecule has 0 aliphatic carbocycles. The average Bonchev–Trinajstić information content (AvgIpc) is 2.95. The molecule has 0 unspecified atom stereocenters. The highest BCUT2D eigenvalue weighted by Crippen LogP contribution is 2.15. The van der Waals surface area contributed by atoms with E-state index in [2.05, 4.69) is 29.1 Å². The van der Waals surface area contributed by atoms with Gasteiger partial charge in [0.25, 0.3) is 0 Å². The molecule has 1 aliphatic rings. The lowest BCUT2D eigenvalue weighted by atomic mass is 10.2. The first-order chi connectivity index (χ1) is 10.1. The molecule has 0 bridgehead atoms. The SMILES string of the molecule is CCc1ncc(NC(=O)N2CC[C@H](OCC(C)C)C2)cn1. The Hall–Kier alpha value is -1.69. The van der Waals surface area contributed by atoms with Crippen molar-refractivity contribution in [2.24, 2.45) is 5.92 Å². The monoisotopic (exact) mass is 292 g/mol. The third-order valence-corrected chi connectivity index (χ3v) is 3.37. The van der Waals surface area contributed by atoms with Crippen LogP contribution in [0.25, 0.3) is 0 Å². The van der Waals surface area contributed by atoms with Crippen molar-refractivity contribution in [3.63, 3.8) is 0 Å². The van der Waals surface area contributed by atoms with Gasteiger partial charge in [0.15, 0.2) is 0 Å². The Balaban J connectivity index is 1.81. The van der Waals surface area contributed by atoms with Gasteiger partial charge in [0.2, 0.25) is 0 Å². The molecular formula is C15H24N4O2. The van der Waals surface area contributed by atoms with Gasteiger partial charge in [-0.15, -0.1) is 0 Å². The minimum absolute atomic E-state index is 0.113. The molecule has 1 fully saturated rings. The summed E-state index contributed by atoms with van der Waals surface area (Å²) in [5.74, 6) is 1.29. The number of carbonyl (C=O) groups excluding carboxylic acids is 1. The first-order valence-corrected chi connectivity index (χ1v) is 7.57. The van der Waals surface area contributed by atoms with E-state index >= 15 is 0 Å². The van der Waals surface area contributed by atoms with Crippen LogP contribution in [0.5, 0.6) is 0 Å². The van der Waals surface area contributed by atoms with Gasteiger partial charge in [-0.1, -0.05) is 20.8 Å². The number of amides is 2. The highest BCUT2D eigenvalue weighted by atomic mass is 16.5. The maximum atomic E-state index is 12.2. The number of aryl methyl sites for hydroxylation is 1. The zero-order chi connectivity index (χ0) is 15.2. The van der Waals surface area contributed by atoms with E-state index in [0.29, 0.717) is 18.2 Å². The molecule has 1 saturated heterocycles. The molecule has 2 heterocycles. The first-order valence-electron chi connectivity index (χ1n) is 7.57. The molecule has 1 aromatic heterocycles. The fourth-order valence-electron chi connectivity index (χ4n) is 2.18. The lowest BCUT2D eigenvalue weighted by molar-refractivity contribution is 0.0440. The van der Waals surface area contributed by atoms with Crippen molar-refractivity contribution < 1.29 is 9.53 Å². The number of aromatic nitrogens is 2. The van der Waals surface area contributed by atoms with Gasteiger partial charge < -0.3 is 15.0 Å². The van der Waals surface area contributed by atoms with Gasteiger partial charge in [-0.25, -0.2) is 14.8 Å². The predicted molar refractivity (Wildman–Crippen MR) is 81.2 cm³/mol. The molecular weight excluding hydrogens is 268 g/mol. The Morgan fingerprint density at radius 2 is 2.19 bits per heavy atom. The van der Waals surface area contributed by atoms with Crippen LogP contribution in [0.1, 0.15) is 33.0 Å². The van der Waals surface area contributed by atoms with Crippen LogP contribution in [0.15, 0.2) is 12.4 Å². The van der Waals surface area contributed by atoms with Crippen molar-refractivity contribution in [3.8, 4) is 0 Å². The van der Waals surface area contributed by atoms with Crippen molar-refractivity contribution in [1.29, 1.82) is 0 Å². The zero-order valence-electron chi connectivity index (χ0n) is 13.0. The average molecular weight is 292 g/mol. The summed E-state index contributed by atoms with van der Waals surface area (Å²) in [5.41, 5.74) is 0.628. The Kier molecular flexibility index (Phi) is 5.50. The molecule has 1 aromatic rings. The molecule has 0 spiro atoms. The van der Waals surface area contributed by atoms with Crippen LogP contribution in [-0.4, -0.2) is 46.7 Å². The van der Waals surface area contributed by atoms with E-state index in [0.717, 1.165) is 31.8 Å². The van der Waals surface area contributed by atoms with Gasteiger partial charge in [-0.2, -0.15) is 0 Å². The van der Waals surface area contributed by atoms with Crippen LogP contribution in [0.4, 0.5) is 10.5 Å². The molecule has 1 atom stereocenters. The fourth-order valence-corrected chi connectivity index (χ4v) is 2.18. The summed E-state index contributed by atoms with van der Waals surface area (Å²) >= 11 is 0. The number of hydrogen-bond acceptors (Lipinski definition) is 4. The van der Waals surface area contributed by atoms with Crippen molar-refractivity contribution in [1.82, 2.24) is 14.9 Å². The summed E-state index contributed by atoms with van der Waals surface area (Å²) in [6.45, 7) is 8.36. The number of nitrogens with one attached hydrogen (secondary N) is 1. The minimum atomic E-state index is -0.113. The van der Waals surface area contributed by atoms with E-state index in [1.807, 2.05) is 6.92 Å². The molecule has 116 valence electrons. The second-order valence-electron chi connectivity index (χ2n) is 5.76. The van der Waals surface area contributed by atoms with Crippen LogP contribution in [0.3, 0.4) is 0 Å². The summed E-state index contributed by atoms with van der Waals surface area (Å²) in [4.78, 5) is 22.3. The van der Waals surface area contributed by atoms with Crippen LogP contribution in [0, 0.1) is 5.92 Å². The van der Waals surface area contributed by atoms with Crippen LogP contribution in [0.2, 0.25) is 0 Å². The van der Waals surface area contributed by atoms with Crippen molar-refractivity contribution in [2.45, 2.75) is 39.7 Å². The van der Waals surface area contributed by atoms with Crippen molar-refractivity contribution >= 4 is 11.7 Å². The first kappa shape index (κ1) is 15.7. The van der Waals surface area contributed by atoms with E-state index in [1.54, 1.807) is 17.3 Å².